The number of ketones is 1. The van der Waals surface area contributed by atoms with E-state index in [4.69, 9.17) is 16.7 Å². The summed E-state index contributed by atoms with van der Waals surface area (Å²) in [5.74, 6) is -0.205. The standard InChI is InChI=1S/C19H13ClN2O3/c20-14-8-6-12(7-9-14)15-10-11-16(22-19(24)25)21-17(15)18(23)13-4-2-1-3-5-13/h1-11H,(H,21,22)(H,24,25). The van der Waals surface area contributed by atoms with Gasteiger partial charge in [-0.3, -0.25) is 10.1 Å². The summed E-state index contributed by atoms with van der Waals surface area (Å²) in [5, 5.41) is 11.6. The summed E-state index contributed by atoms with van der Waals surface area (Å²) in [6, 6.07) is 18.9. The number of hydrogen-bond acceptors (Lipinski definition) is 3. The van der Waals surface area contributed by atoms with Gasteiger partial charge in [-0.25, -0.2) is 9.78 Å². The van der Waals surface area contributed by atoms with Gasteiger partial charge < -0.3 is 5.11 Å². The third-order valence-electron chi connectivity index (χ3n) is 3.54. The van der Waals surface area contributed by atoms with Crippen LogP contribution in [0.1, 0.15) is 16.1 Å². The molecule has 0 fully saturated rings. The molecule has 1 aromatic heterocycles. The summed E-state index contributed by atoms with van der Waals surface area (Å²) < 4.78 is 0. The first kappa shape index (κ1) is 16.7. The molecule has 1 heterocycles. The van der Waals surface area contributed by atoms with E-state index in [2.05, 4.69) is 10.3 Å². The molecule has 2 N–H and O–H groups in total. The van der Waals surface area contributed by atoms with Crippen LogP contribution >= 0.6 is 11.6 Å². The fourth-order valence-electron chi connectivity index (χ4n) is 2.40. The molecule has 0 aliphatic rings. The summed E-state index contributed by atoms with van der Waals surface area (Å²) >= 11 is 5.92. The van der Waals surface area contributed by atoms with Gasteiger partial charge >= 0.3 is 6.09 Å². The first-order valence-electron chi connectivity index (χ1n) is 7.41. The van der Waals surface area contributed by atoms with Gasteiger partial charge in [0, 0.05) is 16.1 Å². The quantitative estimate of drug-likeness (QED) is 0.666. The lowest BCUT2D eigenvalue weighted by molar-refractivity contribution is 0.103. The van der Waals surface area contributed by atoms with Crippen molar-refractivity contribution in [2.75, 3.05) is 5.32 Å². The van der Waals surface area contributed by atoms with Gasteiger partial charge in [0.05, 0.1) is 0 Å². The third kappa shape index (κ3) is 3.84. The molecule has 0 unspecified atom stereocenters. The first-order chi connectivity index (χ1) is 12.0. The van der Waals surface area contributed by atoms with E-state index >= 15 is 0 Å². The van der Waals surface area contributed by atoms with Gasteiger partial charge in [-0.2, -0.15) is 0 Å². The number of carbonyl (C=O) groups excluding carboxylic acids is 1. The van der Waals surface area contributed by atoms with Crippen LogP contribution in [-0.4, -0.2) is 22.0 Å². The Morgan fingerprint density at radius 1 is 0.920 bits per heavy atom. The van der Waals surface area contributed by atoms with Crippen molar-refractivity contribution in [1.29, 1.82) is 0 Å². The number of hydrogen-bond donors (Lipinski definition) is 2. The zero-order valence-corrected chi connectivity index (χ0v) is 13.7. The van der Waals surface area contributed by atoms with E-state index in [-0.39, 0.29) is 17.3 Å². The van der Waals surface area contributed by atoms with Crippen molar-refractivity contribution in [2.45, 2.75) is 0 Å². The molecule has 0 aliphatic carbocycles. The molecule has 0 bridgehead atoms. The number of nitrogens with one attached hydrogen (secondary N) is 1. The molecular weight excluding hydrogens is 340 g/mol. The fourth-order valence-corrected chi connectivity index (χ4v) is 2.53. The second-order valence-corrected chi connectivity index (χ2v) is 5.66. The molecule has 0 atom stereocenters. The van der Waals surface area contributed by atoms with Gasteiger partial charge in [0.15, 0.2) is 0 Å². The minimum Gasteiger partial charge on any atom is -0.465 e. The zero-order valence-electron chi connectivity index (χ0n) is 12.9. The number of rotatable bonds is 4. The van der Waals surface area contributed by atoms with E-state index in [1.807, 2.05) is 6.07 Å². The highest BCUT2D eigenvalue weighted by atomic mass is 35.5. The van der Waals surface area contributed by atoms with E-state index in [1.54, 1.807) is 54.6 Å². The van der Waals surface area contributed by atoms with Gasteiger partial charge in [0.2, 0.25) is 5.78 Å². The number of amides is 1. The number of halogens is 1. The maximum absolute atomic E-state index is 12.9. The number of anilines is 1. The molecule has 2 aromatic carbocycles. The average molecular weight is 353 g/mol. The Morgan fingerprint density at radius 3 is 2.24 bits per heavy atom. The Bertz CT molecular complexity index is 925. The summed E-state index contributed by atoms with van der Waals surface area (Å²) in [4.78, 5) is 28.0. The van der Waals surface area contributed by atoms with Crippen molar-refractivity contribution in [2.24, 2.45) is 0 Å². The lowest BCUT2D eigenvalue weighted by Gasteiger charge is -2.11. The van der Waals surface area contributed by atoms with Crippen molar-refractivity contribution in [1.82, 2.24) is 4.98 Å². The zero-order chi connectivity index (χ0) is 17.8. The van der Waals surface area contributed by atoms with Crippen molar-refractivity contribution in [3.05, 3.63) is 83.0 Å². The predicted molar refractivity (Wildman–Crippen MR) is 96.2 cm³/mol. The van der Waals surface area contributed by atoms with Crippen LogP contribution in [0.5, 0.6) is 0 Å². The minimum absolute atomic E-state index is 0.0875. The van der Waals surface area contributed by atoms with Crippen molar-refractivity contribution in [3.8, 4) is 11.1 Å². The van der Waals surface area contributed by atoms with Gasteiger partial charge in [0.25, 0.3) is 0 Å². The highest BCUT2D eigenvalue weighted by Crippen LogP contribution is 2.27. The highest BCUT2D eigenvalue weighted by Gasteiger charge is 2.18. The topological polar surface area (TPSA) is 79.3 Å². The van der Waals surface area contributed by atoms with Crippen LogP contribution in [0, 0.1) is 0 Å². The molecule has 6 heteroatoms. The van der Waals surface area contributed by atoms with Gasteiger partial charge in [-0.05, 0) is 29.8 Å². The Labute approximate surface area is 148 Å². The smallest absolute Gasteiger partial charge is 0.410 e. The Morgan fingerprint density at radius 2 is 1.60 bits per heavy atom. The molecule has 3 aromatic rings. The SMILES string of the molecule is O=C(O)Nc1ccc(-c2ccc(Cl)cc2)c(C(=O)c2ccccc2)n1. The Balaban J connectivity index is 2.12. The van der Waals surface area contributed by atoms with Crippen molar-refractivity contribution in [3.63, 3.8) is 0 Å². The maximum Gasteiger partial charge on any atom is 0.410 e. The molecule has 0 radical (unpaired) electrons. The van der Waals surface area contributed by atoms with Crippen LogP contribution in [-0.2, 0) is 0 Å². The molecule has 25 heavy (non-hydrogen) atoms. The predicted octanol–water partition coefficient (Wildman–Crippen LogP) is 4.72. The maximum atomic E-state index is 12.9. The molecule has 5 nitrogen and oxygen atoms in total. The summed E-state index contributed by atoms with van der Waals surface area (Å²) in [5.41, 5.74) is 2.00. The summed E-state index contributed by atoms with van der Waals surface area (Å²) in [7, 11) is 0. The van der Waals surface area contributed by atoms with Crippen LogP contribution in [0.4, 0.5) is 10.6 Å². The number of carbonyl (C=O) groups is 2. The molecule has 0 saturated carbocycles. The molecule has 1 amide bonds. The third-order valence-corrected chi connectivity index (χ3v) is 3.79. The number of pyridine rings is 1. The summed E-state index contributed by atoms with van der Waals surface area (Å²) in [6.07, 6.45) is -1.25. The van der Waals surface area contributed by atoms with E-state index < -0.39 is 6.09 Å². The van der Waals surface area contributed by atoms with Crippen molar-refractivity contribution < 1.29 is 14.7 Å². The van der Waals surface area contributed by atoms with Gasteiger partial charge in [0.1, 0.15) is 11.5 Å². The van der Waals surface area contributed by atoms with E-state index in [0.29, 0.717) is 16.1 Å². The van der Waals surface area contributed by atoms with Gasteiger partial charge in [-0.1, -0.05) is 54.1 Å². The first-order valence-corrected chi connectivity index (χ1v) is 7.79. The second-order valence-electron chi connectivity index (χ2n) is 5.22. The fraction of sp³-hybridized carbons (Fsp3) is 0. The molecule has 0 spiro atoms. The van der Waals surface area contributed by atoms with E-state index in [1.165, 1.54) is 6.07 Å². The van der Waals surface area contributed by atoms with Crippen LogP contribution < -0.4 is 5.32 Å². The molecule has 124 valence electrons. The number of benzene rings is 2. The molecular formula is C19H13ClN2O3. The van der Waals surface area contributed by atoms with Crippen LogP contribution in [0.15, 0.2) is 66.7 Å². The lowest BCUT2D eigenvalue weighted by atomic mass is 9.98. The van der Waals surface area contributed by atoms with Crippen LogP contribution in [0.3, 0.4) is 0 Å². The van der Waals surface area contributed by atoms with E-state index in [9.17, 15) is 9.59 Å². The largest absolute Gasteiger partial charge is 0.465 e. The Hall–Kier alpha value is -3.18. The normalized spacial score (nSPS) is 10.3. The van der Waals surface area contributed by atoms with Gasteiger partial charge in [-0.15, -0.1) is 0 Å². The van der Waals surface area contributed by atoms with E-state index in [0.717, 1.165) is 5.56 Å². The molecule has 0 aliphatic heterocycles. The molecule has 0 saturated heterocycles. The molecule has 3 rings (SSSR count). The monoisotopic (exact) mass is 352 g/mol. The minimum atomic E-state index is -1.25. The number of nitrogens with zero attached hydrogens (tertiary/aromatic N) is 1. The van der Waals surface area contributed by atoms with Crippen molar-refractivity contribution >= 4 is 29.3 Å². The number of carboxylic acid groups (broad SMARTS) is 1. The highest BCUT2D eigenvalue weighted by molar-refractivity contribution is 6.30. The van der Waals surface area contributed by atoms with Crippen LogP contribution in [0.25, 0.3) is 11.1 Å². The second kappa shape index (κ2) is 7.15. The summed E-state index contributed by atoms with van der Waals surface area (Å²) in [6.45, 7) is 0. The van der Waals surface area contributed by atoms with Crippen LogP contribution in [0.2, 0.25) is 5.02 Å². The Kier molecular flexibility index (Phi) is 4.77. The number of aromatic nitrogens is 1. The lowest BCUT2D eigenvalue weighted by Crippen LogP contribution is -2.12. The average Bonchev–Trinajstić information content (AvgIpc) is 2.62.